The maximum absolute atomic E-state index is 11.0. The summed E-state index contributed by atoms with van der Waals surface area (Å²) in [6.45, 7) is 3.95. The van der Waals surface area contributed by atoms with Crippen LogP contribution in [0.15, 0.2) is 0 Å². The minimum Gasteiger partial charge on any atom is -0.393 e. The van der Waals surface area contributed by atoms with Crippen LogP contribution >= 0.6 is 0 Å². The number of aliphatic hydroxyl groups excluding tert-OH is 1. The van der Waals surface area contributed by atoms with Crippen molar-refractivity contribution in [2.24, 2.45) is 0 Å². The molecule has 2 N–H and O–H groups in total. The van der Waals surface area contributed by atoms with Gasteiger partial charge in [0.25, 0.3) is 10.1 Å². The fraction of sp³-hybridized carbons (Fsp3) is 1.00. The molecule has 0 bridgehead atoms. The van der Waals surface area contributed by atoms with Gasteiger partial charge in [0.2, 0.25) is 0 Å². The average molecular weight is 323 g/mol. The maximum Gasteiger partial charge on any atom is 0.267 e. The third kappa shape index (κ3) is 12.1. The zero-order valence-electron chi connectivity index (χ0n) is 13.8. The SMILES string of the molecule is CCCCCC(O)CCCCCCCC(CC)S(=O)(=O)O. The Bertz CT molecular complexity index is 327. The van der Waals surface area contributed by atoms with Crippen LogP contribution in [0.25, 0.3) is 0 Å². The zero-order chi connectivity index (χ0) is 16.1. The third-order valence-corrected chi connectivity index (χ3v) is 5.49. The van der Waals surface area contributed by atoms with Gasteiger partial charge in [-0.25, -0.2) is 0 Å². The second kappa shape index (κ2) is 12.4. The second-order valence-corrected chi connectivity index (χ2v) is 7.74. The molecule has 2 unspecified atom stereocenters. The van der Waals surface area contributed by atoms with Crippen LogP contribution in [0.5, 0.6) is 0 Å². The van der Waals surface area contributed by atoms with E-state index in [1.807, 2.05) is 0 Å². The first-order valence-electron chi connectivity index (χ1n) is 8.56. The molecule has 0 aromatic rings. The highest BCUT2D eigenvalue weighted by Crippen LogP contribution is 2.16. The monoisotopic (exact) mass is 322 g/mol. The van der Waals surface area contributed by atoms with Crippen LogP contribution in [-0.4, -0.2) is 29.4 Å². The molecule has 0 rings (SSSR count). The third-order valence-electron chi connectivity index (χ3n) is 4.08. The molecule has 2 atom stereocenters. The van der Waals surface area contributed by atoms with E-state index in [0.29, 0.717) is 12.8 Å². The second-order valence-electron chi connectivity index (χ2n) is 6.04. The average Bonchev–Trinajstić information content (AvgIpc) is 2.40. The van der Waals surface area contributed by atoms with Crippen LogP contribution < -0.4 is 0 Å². The number of unbranched alkanes of at least 4 members (excludes halogenated alkanes) is 6. The van der Waals surface area contributed by atoms with Crippen LogP contribution in [0.4, 0.5) is 0 Å². The minimum atomic E-state index is -3.87. The van der Waals surface area contributed by atoms with Crippen LogP contribution in [0, 0.1) is 0 Å². The standard InChI is InChI=1S/C16H34O4S/c1-3-5-9-12-15(17)13-10-7-6-8-11-14-16(4-2)21(18,19)20/h15-17H,3-14H2,1-2H3,(H,18,19,20). The first kappa shape index (κ1) is 20.9. The van der Waals surface area contributed by atoms with Crippen LogP contribution in [0.1, 0.15) is 90.9 Å². The van der Waals surface area contributed by atoms with Crippen molar-refractivity contribution in [1.29, 1.82) is 0 Å². The van der Waals surface area contributed by atoms with Crippen LogP contribution in [-0.2, 0) is 10.1 Å². The Kier molecular flexibility index (Phi) is 12.3. The lowest BCUT2D eigenvalue weighted by atomic mass is 10.0. The fourth-order valence-electron chi connectivity index (χ4n) is 2.62. The molecule has 0 aromatic carbocycles. The minimum absolute atomic E-state index is 0.152. The molecular weight excluding hydrogens is 288 g/mol. The first-order valence-corrected chi connectivity index (χ1v) is 10.1. The summed E-state index contributed by atoms with van der Waals surface area (Å²) in [6.07, 6.45) is 11.2. The van der Waals surface area contributed by atoms with Crippen molar-refractivity contribution in [3.63, 3.8) is 0 Å². The van der Waals surface area contributed by atoms with Crippen molar-refractivity contribution in [3.8, 4) is 0 Å². The molecule has 0 aliphatic rings. The molecule has 0 fully saturated rings. The van der Waals surface area contributed by atoms with Gasteiger partial charge >= 0.3 is 0 Å². The zero-order valence-corrected chi connectivity index (χ0v) is 14.6. The van der Waals surface area contributed by atoms with Gasteiger partial charge in [-0.3, -0.25) is 4.55 Å². The molecule has 5 heteroatoms. The lowest BCUT2D eigenvalue weighted by molar-refractivity contribution is 0.147. The van der Waals surface area contributed by atoms with Gasteiger partial charge in [0.05, 0.1) is 11.4 Å². The molecule has 0 aromatic heterocycles. The number of hydrogen-bond acceptors (Lipinski definition) is 3. The summed E-state index contributed by atoms with van der Waals surface area (Å²) in [7, 11) is -3.87. The van der Waals surface area contributed by atoms with Gasteiger partial charge in [-0.15, -0.1) is 0 Å². The van der Waals surface area contributed by atoms with E-state index in [1.54, 1.807) is 6.92 Å². The summed E-state index contributed by atoms with van der Waals surface area (Å²) in [4.78, 5) is 0. The molecule has 0 aliphatic carbocycles. The lowest BCUT2D eigenvalue weighted by Crippen LogP contribution is -2.19. The Morgan fingerprint density at radius 1 is 0.810 bits per heavy atom. The van der Waals surface area contributed by atoms with Crippen molar-refractivity contribution in [1.82, 2.24) is 0 Å². The fourth-order valence-corrected chi connectivity index (χ4v) is 3.51. The first-order chi connectivity index (χ1) is 9.91. The highest BCUT2D eigenvalue weighted by molar-refractivity contribution is 7.86. The molecule has 4 nitrogen and oxygen atoms in total. The molecule has 0 radical (unpaired) electrons. The summed E-state index contributed by atoms with van der Waals surface area (Å²) >= 11 is 0. The molecule has 0 amide bonds. The van der Waals surface area contributed by atoms with E-state index in [9.17, 15) is 13.5 Å². The van der Waals surface area contributed by atoms with Gasteiger partial charge < -0.3 is 5.11 Å². The molecule has 0 saturated carbocycles. The van der Waals surface area contributed by atoms with E-state index in [1.165, 1.54) is 12.8 Å². The van der Waals surface area contributed by atoms with Crippen molar-refractivity contribution in [2.75, 3.05) is 0 Å². The highest BCUT2D eigenvalue weighted by Gasteiger charge is 2.19. The van der Waals surface area contributed by atoms with Crippen molar-refractivity contribution in [3.05, 3.63) is 0 Å². The Morgan fingerprint density at radius 2 is 1.29 bits per heavy atom. The lowest BCUT2D eigenvalue weighted by Gasteiger charge is -2.11. The van der Waals surface area contributed by atoms with Gasteiger partial charge in [0.15, 0.2) is 0 Å². The molecule has 0 saturated heterocycles. The Labute approximate surface area is 131 Å². The predicted molar refractivity (Wildman–Crippen MR) is 88.1 cm³/mol. The number of aliphatic hydroxyl groups is 1. The Morgan fingerprint density at radius 3 is 1.76 bits per heavy atom. The van der Waals surface area contributed by atoms with E-state index >= 15 is 0 Å². The summed E-state index contributed by atoms with van der Waals surface area (Å²) < 4.78 is 31.1. The summed E-state index contributed by atoms with van der Waals surface area (Å²) in [5.74, 6) is 0. The number of rotatable bonds is 14. The Balaban J connectivity index is 3.48. The molecule has 128 valence electrons. The normalized spacial score (nSPS) is 15.0. The quantitative estimate of drug-likeness (QED) is 0.369. The topological polar surface area (TPSA) is 74.6 Å². The van der Waals surface area contributed by atoms with Crippen molar-refractivity contribution < 1.29 is 18.1 Å². The maximum atomic E-state index is 11.0. The van der Waals surface area contributed by atoms with Crippen molar-refractivity contribution >= 4 is 10.1 Å². The molecule has 0 spiro atoms. The van der Waals surface area contributed by atoms with Crippen LogP contribution in [0.2, 0.25) is 0 Å². The highest BCUT2D eigenvalue weighted by atomic mass is 32.2. The summed E-state index contributed by atoms with van der Waals surface area (Å²) in [5.41, 5.74) is 0. The molecule has 0 aliphatic heterocycles. The van der Waals surface area contributed by atoms with E-state index in [2.05, 4.69) is 6.92 Å². The Hall–Kier alpha value is -0.130. The number of hydrogen-bond donors (Lipinski definition) is 2. The van der Waals surface area contributed by atoms with Gasteiger partial charge in [-0.2, -0.15) is 8.42 Å². The molecule has 0 heterocycles. The van der Waals surface area contributed by atoms with E-state index in [0.717, 1.165) is 51.4 Å². The van der Waals surface area contributed by atoms with E-state index < -0.39 is 15.4 Å². The molecule has 21 heavy (non-hydrogen) atoms. The smallest absolute Gasteiger partial charge is 0.267 e. The van der Waals surface area contributed by atoms with Gasteiger partial charge in [-0.1, -0.05) is 65.2 Å². The molecular formula is C16H34O4S. The van der Waals surface area contributed by atoms with Crippen molar-refractivity contribution in [2.45, 2.75) is 102 Å². The summed E-state index contributed by atoms with van der Waals surface area (Å²) in [6, 6.07) is 0. The van der Waals surface area contributed by atoms with E-state index in [-0.39, 0.29) is 6.10 Å². The van der Waals surface area contributed by atoms with Gasteiger partial charge in [0.1, 0.15) is 0 Å². The predicted octanol–water partition coefficient (Wildman–Crippen LogP) is 4.32. The van der Waals surface area contributed by atoms with E-state index in [4.69, 9.17) is 4.55 Å². The van der Waals surface area contributed by atoms with Gasteiger partial charge in [0, 0.05) is 0 Å². The van der Waals surface area contributed by atoms with Gasteiger partial charge in [-0.05, 0) is 25.7 Å². The largest absolute Gasteiger partial charge is 0.393 e. The summed E-state index contributed by atoms with van der Waals surface area (Å²) in [5, 5.41) is 9.18. The van der Waals surface area contributed by atoms with Crippen LogP contribution in [0.3, 0.4) is 0 Å².